The summed E-state index contributed by atoms with van der Waals surface area (Å²) in [5.41, 5.74) is 7.06. The molecule has 1 aliphatic rings. The van der Waals surface area contributed by atoms with Gasteiger partial charge in [-0.05, 0) is 49.6 Å². The molecule has 16 heavy (non-hydrogen) atoms. The first-order valence-corrected chi connectivity index (χ1v) is 6.38. The first kappa shape index (κ1) is 11.7. The molecule has 0 spiro atoms. The SMILES string of the molecule is NCC1CCCCN(c2ccc(Cl)cc2)C1. The lowest BCUT2D eigenvalue weighted by molar-refractivity contribution is 0.508. The van der Waals surface area contributed by atoms with Crippen molar-refractivity contribution in [1.29, 1.82) is 0 Å². The third-order valence-electron chi connectivity index (χ3n) is 3.29. The maximum Gasteiger partial charge on any atom is 0.0407 e. The van der Waals surface area contributed by atoms with Crippen LogP contribution >= 0.6 is 11.6 Å². The zero-order valence-electron chi connectivity index (χ0n) is 9.53. The first-order valence-electron chi connectivity index (χ1n) is 6.00. The molecule has 0 radical (unpaired) electrons. The molecule has 0 aromatic heterocycles. The molecule has 88 valence electrons. The number of hydrogen-bond donors (Lipinski definition) is 1. The molecule has 0 bridgehead atoms. The third-order valence-corrected chi connectivity index (χ3v) is 3.55. The molecule has 2 N–H and O–H groups in total. The predicted octanol–water partition coefficient (Wildman–Crippen LogP) is 2.91. The van der Waals surface area contributed by atoms with E-state index in [2.05, 4.69) is 17.0 Å². The molecule has 0 amide bonds. The molecule has 0 saturated carbocycles. The van der Waals surface area contributed by atoms with Crippen molar-refractivity contribution >= 4 is 17.3 Å². The Balaban J connectivity index is 2.09. The van der Waals surface area contributed by atoms with Crippen molar-refractivity contribution < 1.29 is 0 Å². The fourth-order valence-electron chi connectivity index (χ4n) is 2.31. The Hall–Kier alpha value is -0.730. The zero-order chi connectivity index (χ0) is 11.4. The lowest BCUT2D eigenvalue weighted by Crippen LogP contribution is -2.31. The van der Waals surface area contributed by atoms with E-state index in [1.807, 2.05) is 12.1 Å². The van der Waals surface area contributed by atoms with Crippen molar-refractivity contribution in [3.8, 4) is 0 Å². The van der Waals surface area contributed by atoms with Crippen molar-refractivity contribution in [2.75, 3.05) is 24.5 Å². The summed E-state index contributed by atoms with van der Waals surface area (Å²) in [6.45, 7) is 3.01. The quantitative estimate of drug-likeness (QED) is 0.859. The highest BCUT2D eigenvalue weighted by molar-refractivity contribution is 6.30. The normalized spacial score (nSPS) is 21.9. The van der Waals surface area contributed by atoms with Gasteiger partial charge < -0.3 is 10.6 Å². The molecule has 1 unspecified atom stereocenters. The van der Waals surface area contributed by atoms with Gasteiger partial charge in [-0.15, -0.1) is 0 Å². The Morgan fingerprint density at radius 1 is 1.25 bits per heavy atom. The summed E-state index contributed by atoms with van der Waals surface area (Å²) >= 11 is 5.90. The number of rotatable bonds is 2. The Bertz CT molecular complexity index is 323. The second kappa shape index (κ2) is 5.55. The van der Waals surface area contributed by atoms with E-state index in [-0.39, 0.29) is 0 Å². The van der Waals surface area contributed by atoms with Crippen LogP contribution in [0, 0.1) is 5.92 Å². The number of anilines is 1. The molecular weight excluding hydrogens is 220 g/mol. The van der Waals surface area contributed by atoms with E-state index in [9.17, 15) is 0 Å². The smallest absolute Gasteiger partial charge is 0.0407 e. The number of nitrogens with zero attached hydrogens (tertiary/aromatic N) is 1. The second-order valence-corrected chi connectivity index (χ2v) is 4.96. The van der Waals surface area contributed by atoms with Crippen LogP contribution in [0.2, 0.25) is 5.02 Å². The van der Waals surface area contributed by atoms with Crippen molar-refractivity contribution in [1.82, 2.24) is 0 Å². The molecule has 2 nitrogen and oxygen atoms in total. The van der Waals surface area contributed by atoms with Crippen LogP contribution in [0.3, 0.4) is 0 Å². The van der Waals surface area contributed by atoms with Gasteiger partial charge in [-0.1, -0.05) is 18.0 Å². The van der Waals surface area contributed by atoms with Crippen molar-refractivity contribution in [2.45, 2.75) is 19.3 Å². The summed E-state index contributed by atoms with van der Waals surface area (Å²) in [7, 11) is 0. The van der Waals surface area contributed by atoms with Crippen LogP contribution in [-0.2, 0) is 0 Å². The van der Waals surface area contributed by atoms with Gasteiger partial charge in [0, 0.05) is 23.8 Å². The molecule has 1 aliphatic heterocycles. The molecule has 1 aromatic carbocycles. The Morgan fingerprint density at radius 3 is 2.69 bits per heavy atom. The number of hydrogen-bond acceptors (Lipinski definition) is 2. The van der Waals surface area contributed by atoms with Crippen LogP contribution in [0.4, 0.5) is 5.69 Å². The minimum Gasteiger partial charge on any atom is -0.371 e. The average Bonchev–Trinajstić information content (AvgIpc) is 2.55. The summed E-state index contributed by atoms with van der Waals surface area (Å²) < 4.78 is 0. The maximum absolute atomic E-state index is 5.90. The van der Waals surface area contributed by atoms with Crippen molar-refractivity contribution in [2.24, 2.45) is 11.7 Å². The Labute approximate surface area is 102 Å². The Morgan fingerprint density at radius 2 is 2.00 bits per heavy atom. The highest BCUT2D eigenvalue weighted by Gasteiger charge is 2.17. The van der Waals surface area contributed by atoms with E-state index in [1.54, 1.807) is 0 Å². The molecule has 3 heteroatoms. The van der Waals surface area contributed by atoms with Gasteiger partial charge in [-0.3, -0.25) is 0 Å². The molecule has 1 atom stereocenters. The van der Waals surface area contributed by atoms with Gasteiger partial charge in [0.2, 0.25) is 0 Å². The molecule has 2 rings (SSSR count). The Kier molecular flexibility index (Phi) is 4.08. The molecule has 1 heterocycles. The van der Waals surface area contributed by atoms with Crippen LogP contribution in [0.5, 0.6) is 0 Å². The van der Waals surface area contributed by atoms with E-state index in [1.165, 1.54) is 24.9 Å². The summed E-state index contributed by atoms with van der Waals surface area (Å²) in [6, 6.07) is 8.11. The molecule has 0 aliphatic carbocycles. The average molecular weight is 239 g/mol. The summed E-state index contributed by atoms with van der Waals surface area (Å²) in [4.78, 5) is 2.43. The molecule has 1 aromatic rings. The van der Waals surface area contributed by atoms with Gasteiger partial charge in [0.1, 0.15) is 0 Å². The van der Waals surface area contributed by atoms with Gasteiger partial charge in [0.15, 0.2) is 0 Å². The van der Waals surface area contributed by atoms with Gasteiger partial charge in [0.25, 0.3) is 0 Å². The van der Waals surface area contributed by atoms with Crippen LogP contribution in [0.1, 0.15) is 19.3 Å². The van der Waals surface area contributed by atoms with Crippen LogP contribution in [-0.4, -0.2) is 19.6 Å². The third kappa shape index (κ3) is 2.89. The van der Waals surface area contributed by atoms with Crippen molar-refractivity contribution in [3.05, 3.63) is 29.3 Å². The summed E-state index contributed by atoms with van der Waals surface area (Å²) in [5.74, 6) is 0.637. The topological polar surface area (TPSA) is 29.3 Å². The van der Waals surface area contributed by atoms with E-state index in [4.69, 9.17) is 17.3 Å². The molecule has 1 saturated heterocycles. The van der Waals surface area contributed by atoms with E-state index in [0.29, 0.717) is 5.92 Å². The van der Waals surface area contributed by atoms with E-state index < -0.39 is 0 Å². The fraction of sp³-hybridized carbons (Fsp3) is 0.538. The van der Waals surface area contributed by atoms with Gasteiger partial charge >= 0.3 is 0 Å². The van der Waals surface area contributed by atoms with E-state index >= 15 is 0 Å². The minimum atomic E-state index is 0.637. The van der Waals surface area contributed by atoms with E-state index in [0.717, 1.165) is 24.7 Å². The van der Waals surface area contributed by atoms with Crippen LogP contribution in [0.15, 0.2) is 24.3 Å². The monoisotopic (exact) mass is 238 g/mol. The predicted molar refractivity (Wildman–Crippen MR) is 70.1 cm³/mol. The standard InChI is InChI=1S/C13H19ClN2/c14-12-4-6-13(7-5-12)16-8-2-1-3-11(9-15)10-16/h4-7,11H,1-3,8-10,15H2. The minimum absolute atomic E-state index is 0.637. The van der Waals surface area contributed by atoms with Crippen LogP contribution in [0.25, 0.3) is 0 Å². The van der Waals surface area contributed by atoms with Crippen LogP contribution < -0.4 is 10.6 Å². The van der Waals surface area contributed by atoms with Gasteiger partial charge in [-0.25, -0.2) is 0 Å². The highest BCUT2D eigenvalue weighted by Crippen LogP contribution is 2.23. The van der Waals surface area contributed by atoms with Crippen molar-refractivity contribution in [3.63, 3.8) is 0 Å². The van der Waals surface area contributed by atoms with Gasteiger partial charge in [0.05, 0.1) is 0 Å². The zero-order valence-corrected chi connectivity index (χ0v) is 10.3. The van der Waals surface area contributed by atoms with Gasteiger partial charge in [-0.2, -0.15) is 0 Å². The second-order valence-electron chi connectivity index (χ2n) is 4.52. The maximum atomic E-state index is 5.90. The first-order chi connectivity index (χ1) is 7.79. The summed E-state index contributed by atoms with van der Waals surface area (Å²) in [5, 5.41) is 0.800. The lowest BCUT2D eigenvalue weighted by atomic mass is 10.0. The summed E-state index contributed by atoms with van der Waals surface area (Å²) in [6.07, 6.45) is 3.83. The lowest BCUT2D eigenvalue weighted by Gasteiger charge is -2.25. The number of nitrogens with two attached hydrogens (primary N) is 1. The molecular formula is C13H19ClN2. The highest BCUT2D eigenvalue weighted by atomic mass is 35.5. The largest absolute Gasteiger partial charge is 0.371 e. The number of halogens is 1. The molecule has 1 fully saturated rings. The fourth-order valence-corrected chi connectivity index (χ4v) is 2.43. The number of benzene rings is 1.